The molecule has 1 heterocycles. The van der Waals surface area contributed by atoms with Gasteiger partial charge in [0.15, 0.2) is 5.78 Å². The maximum absolute atomic E-state index is 13.5. The fraction of sp³-hybridized carbons (Fsp3) is 0.452. The molecule has 1 N–H and O–H groups in total. The van der Waals surface area contributed by atoms with Gasteiger partial charge in [0, 0.05) is 49.2 Å². The molecule has 2 aliphatic rings. The van der Waals surface area contributed by atoms with E-state index in [4.69, 9.17) is 0 Å². The van der Waals surface area contributed by atoms with Gasteiger partial charge in [-0.1, -0.05) is 30.6 Å². The highest BCUT2D eigenvalue weighted by molar-refractivity contribution is 6.00. The van der Waals surface area contributed by atoms with Gasteiger partial charge in [-0.2, -0.15) is 0 Å². The van der Waals surface area contributed by atoms with Gasteiger partial charge in [-0.25, -0.2) is 0 Å². The second-order valence-electron chi connectivity index (χ2n) is 10.9. The zero-order valence-electron chi connectivity index (χ0n) is 23.1. The molecular weight excluding hydrogens is 460 g/mol. The molecule has 0 saturated heterocycles. The molecule has 1 amide bonds. The number of nitrogens with one attached hydrogen (secondary N) is 1. The minimum absolute atomic E-state index is 0.0498. The van der Waals surface area contributed by atoms with Gasteiger partial charge in [-0.15, -0.1) is 0 Å². The first-order chi connectivity index (χ1) is 17.6. The van der Waals surface area contributed by atoms with Gasteiger partial charge in [0.25, 0.3) is 5.91 Å². The minimum atomic E-state index is -0.315. The number of pyridine rings is 1. The third kappa shape index (κ3) is 6.19. The molecule has 0 radical (unpaired) electrons. The van der Waals surface area contributed by atoms with E-state index in [-0.39, 0.29) is 17.6 Å². The molecule has 1 aromatic heterocycles. The maximum Gasteiger partial charge on any atom is 0.251 e. The number of carbonyl (C=O) groups is 2. The SMILES string of the molecule is CC1=CC(=O)C(CNC(=O)c2cc(-c3ccc(CN(C)C)nc3)cc(N(C)C3CCCC3)c2C)C(C)=C1. The fourth-order valence-electron chi connectivity index (χ4n) is 5.57. The Hall–Kier alpha value is -3.25. The number of benzene rings is 1. The third-order valence-electron chi connectivity index (χ3n) is 7.70. The van der Waals surface area contributed by atoms with E-state index in [1.165, 1.54) is 25.7 Å². The molecule has 196 valence electrons. The molecule has 6 nitrogen and oxygen atoms in total. The second kappa shape index (κ2) is 11.4. The lowest BCUT2D eigenvalue weighted by Crippen LogP contribution is -2.35. The number of allylic oxidation sites excluding steroid dienone is 3. The first kappa shape index (κ1) is 26.8. The number of ketones is 1. The van der Waals surface area contributed by atoms with Crippen molar-refractivity contribution in [2.45, 2.75) is 59.0 Å². The van der Waals surface area contributed by atoms with Crippen molar-refractivity contribution in [3.05, 3.63) is 70.6 Å². The van der Waals surface area contributed by atoms with E-state index < -0.39 is 0 Å². The molecule has 1 unspecified atom stereocenters. The first-order valence-corrected chi connectivity index (χ1v) is 13.3. The molecule has 37 heavy (non-hydrogen) atoms. The van der Waals surface area contributed by atoms with E-state index in [1.54, 1.807) is 6.08 Å². The topological polar surface area (TPSA) is 65.5 Å². The maximum atomic E-state index is 13.5. The van der Waals surface area contributed by atoms with Crippen LogP contribution in [0.3, 0.4) is 0 Å². The van der Waals surface area contributed by atoms with Crippen LogP contribution in [-0.4, -0.2) is 55.3 Å². The van der Waals surface area contributed by atoms with Crippen LogP contribution < -0.4 is 10.2 Å². The lowest BCUT2D eigenvalue weighted by molar-refractivity contribution is -0.117. The van der Waals surface area contributed by atoms with Crippen LogP contribution in [-0.2, 0) is 11.3 Å². The van der Waals surface area contributed by atoms with E-state index in [0.717, 1.165) is 45.8 Å². The van der Waals surface area contributed by atoms with Crippen LogP contribution in [0, 0.1) is 12.8 Å². The molecule has 1 aromatic carbocycles. The Labute approximate surface area is 221 Å². The van der Waals surface area contributed by atoms with Gasteiger partial charge in [-0.3, -0.25) is 14.6 Å². The minimum Gasteiger partial charge on any atom is -0.371 e. The molecule has 2 aromatic rings. The average molecular weight is 501 g/mol. The quantitative estimate of drug-likeness (QED) is 0.532. The fourth-order valence-corrected chi connectivity index (χ4v) is 5.57. The Bertz CT molecular complexity index is 1220. The highest BCUT2D eigenvalue weighted by atomic mass is 16.2. The summed E-state index contributed by atoms with van der Waals surface area (Å²) >= 11 is 0. The zero-order valence-corrected chi connectivity index (χ0v) is 23.1. The number of hydrogen-bond donors (Lipinski definition) is 1. The number of anilines is 1. The molecule has 1 atom stereocenters. The molecule has 0 aliphatic heterocycles. The van der Waals surface area contributed by atoms with Gasteiger partial charge in [0.2, 0.25) is 0 Å². The lowest BCUT2D eigenvalue weighted by Gasteiger charge is -2.30. The van der Waals surface area contributed by atoms with Crippen LogP contribution in [0.2, 0.25) is 0 Å². The number of aromatic nitrogens is 1. The van der Waals surface area contributed by atoms with Crippen LogP contribution in [0.25, 0.3) is 11.1 Å². The summed E-state index contributed by atoms with van der Waals surface area (Å²) in [4.78, 5) is 35.2. The number of carbonyl (C=O) groups excluding carboxylic acids is 2. The summed E-state index contributed by atoms with van der Waals surface area (Å²) in [7, 11) is 6.20. The van der Waals surface area contributed by atoms with E-state index in [9.17, 15) is 9.59 Å². The van der Waals surface area contributed by atoms with Gasteiger partial charge >= 0.3 is 0 Å². The Morgan fingerprint density at radius 2 is 1.76 bits per heavy atom. The summed E-state index contributed by atoms with van der Waals surface area (Å²) in [5, 5.41) is 3.06. The lowest BCUT2D eigenvalue weighted by atomic mass is 9.88. The molecule has 6 heteroatoms. The number of amides is 1. The first-order valence-electron chi connectivity index (χ1n) is 13.3. The third-order valence-corrected chi connectivity index (χ3v) is 7.70. The summed E-state index contributed by atoms with van der Waals surface area (Å²) < 4.78 is 0. The number of hydrogen-bond acceptors (Lipinski definition) is 5. The molecular formula is C31H40N4O2. The van der Waals surface area contributed by atoms with E-state index in [2.05, 4.69) is 45.3 Å². The van der Waals surface area contributed by atoms with Crippen molar-refractivity contribution in [2.75, 3.05) is 32.6 Å². The molecule has 2 aliphatic carbocycles. The predicted molar refractivity (Wildman–Crippen MR) is 151 cm³/mol. The molecule has 1 fully saturated rings. The Balaban J connectivity index is 1.65. The summed E-state index contributed by atoms with van der Waals surface area (Å²) in [5.74, 6) is -0.413. The van der Waals surface area contributed by atoms with Crippen molar-refractivity contribution in [2.24, 2.45) is 5.92 Å². The van der Waals surface area contributed by atoms with Crippen molar-refractivity contribution in [1.82, 2.24) is 15.2 Å². The summed E-state index contributed by atoms with van der Waals surface area (Å²) in [6.45, 7) is 6.98. The normalized spacial score (nSPS) is 18.1. The zero-order chi connectivity index (χ0) is 26.7. The summed E-state index contributed by atoms with van der Waals surface area (Å²) in [6, 6.07) is 8.77. The predicted octanol–water partition coefficient (Wildman–Crippen LogP) is 5.32. The van der Waals surface area contributed by atoms with Crippen molar-refractivity contribution in [3.8, 4) is 11.1 Å². The van der Waals surface area contributed by atoms with Crippen molar-refractivity contribution in [1.29, 1.82) is 0 Å². The highest BCUT2D eigenvalue weighted by Crippen LogP contribution is 2.34. The molecule has 4 rings (SSSR count). The van der Waals surface area contributed by atoms with Crippen LogP contribution in [0.1, 0.15) is 61.1 Å². The van der Waals surface area contributed by atoms with Gasteiger partial charge in [0.05, 0.1) is 11.6 Å². The molecule has 1 saturated carbocycles. The monoisotopic (exact) mass is 500 g/mol. The highest BCUT2D eigenvalue weighted by Gasteiger charge is 2.26. The van der Waals surface area contributed by atoms with Crippen molar-refractivity contribution >= 4 is 17.4 Å². The van der Waals surface area contributed by atoms with E-state index >= 15 is 0 Å². The molecule has 0 bridgehead atoms. The Kier molecular flexibility index (Phi) is 8.28. The number of rotatable bonds is 8. The van der Waals surface area contributed by atoms with Crippen LogP contribution in [0.4, 0.5) is 5.69 Å². The van der Waals surface area contributed by atoms with E-state index in [1.807, 2.05) is 53.2 Å². The second-order valence-corrected chi connectivity index (χ2v) is 10.9. The number of nitrogens with zero attached hydrogens (tertiary/aromatic N) is 3. The van der Waals surface area contributed by atoms with E-state index in [0.29, 0.717) is 18.2 Å². The van der Waals surface area contributed by atoms with Crippen LogP contribution in [0.15, 0.2) is 53.8 Å². The van der Waals surface area contributed by atoms with Gasteiger partial charge in [-0.05, 0) is 88.7 Å². The molecule has 0 spiro atoms. The smallest absolute Gasteiger partial charge is 0.251 e. The summed E-state index contributed by atoms with van der Waals surface area (Å²) in [6.07, 6.45) is 10.4. The Morgan fingerprint density at radius 3 is 2.38 bits per heavy atom. The van der Waals surface area contributed by atoms with Gasteiger partial charge in [0.1, 0.15) is 0 Å². The van der Waals surface area contributed by atoms with Crippen LogP contribution in [0.5, 0.6) is 0 Å². The van der Waals surface area contributed by atoms with Crippen LogP contribution >= 0.6 is 0 Å². The standard InChI is InChI=1S/C31H40N4O2/c1-20-13-21(2)28(30(36)14-20)18-33-31(37)27-15-24(23-11-12-25(32-17-23)19-34(4)5)16-29(22(27)3)35(6)26-9-7-8-10-26/h11-17,26,28H,7-10,18-19H2,1-6H3,(H,33,37). The Morgan fingerprint density at radius 1 is 1.03 bits per heavy atom. The summed E-state index contributed by atoms with van der Waals surface area (Å²) in [5.41, 5.74) is 7.60. The van der Waals surface area contributed by atoms with Crippen molar-refractivity contribution < 1.29 is 9.59 Å². The van der Waals surface area contributed by atoms with Crippen molar-refractivity contribution in [3.63, 3.8) is 0 Å². The van der Waals surface area contributed by atoms with Gasteiger partial charge < -0.3 is 15.1 Å². The largest absolute Gasteiger partial charge is 0.371 e. The average Bonchev–Trinajstić information content (AvgIpc) is 3.38.